The van der Waals surface area contributed by atoms with Crippen molar-refractivity contribution >= 4 is 17.7 Å². The van der Waals surface area contributed by atoms with E-state index in [0.717, 1.165) is 6.42 Å². The summed E-state index contributed by atoms with van der Waals surface area (Å²) in [5.41, 5.74) is -1.88. The van der Waals surface area contributed by atoms with Gasteiger partial charge in [0.2, 0.25) is 17.7 Å². The van der Waals surface area contributed by atoms with E-state index in [0.29, 0.717) is 32.5 Å². The highest BCUT2D eigenvalue weighted by molar-refractivity contribution is 5.99. The topological polar surface area (TPSA) is 90.4 Å². The molecule has 0 saturated carbocycles. The van der Waals surface area contributed by atoms with Crippen molar-refractivity contribution in [3.8, 4) is 0 Å². The van der Waals surface area contributed by atoms with Gasteiger partial charge < -0.3 is 24.5 Å². The van der Waals surface area contributed by atoms with Crippen molar-refractivity contribution in [2.24, 2.45) is 11.8 Å². The van der Waals surface area contributed by atoms with Gasteiger partial charge in [-0.15, -0.1) is 13.2 Å². The number of nitrogens with zero attached hydrogens (tertiary/aromatic N) is 3. The molecule has 1 spiro atoms. The SMILES string of the molecule is C=CCN(CCC)C(=O)[C@@H]1[C@H]2C(=O)N(CCO)C(C(=O)N(CC=C)C(C)C)C23CC[C@@]1(C)O3. The molecule has 0 radical (unpaired) electrons. The molecule has 3 aliphatic heterocycles. The Labute approximate surface area is 197 Å². The molecule has 3 fully saturated rings. The van der Waals surface area contributed by atoms with Gasteiger partial charge in [0.1, 0.15) is 11.6 Å². The van der Waals surface area contributed by atoms with Crippen LogP contribution in [-0.2, 0) is 19.1 Å². The lowest BCUT2D eigenvalue weighted by atomic mass is 9.66. The number of β-amino-alcohol motifs (C(OH)–C–C–N with tert-alkyl or cyclic N) is 1. The van der Waals surface area contributed by atoms with E-state index < -0.39 is 29.1 Å². The fourth-order valence-corrected chi connectivity index (χ4v) is 6.19. The summed E-state index contributed by atoms with van der Waals surface area (Å²) in [7, 11) is 0. The Kier molecular flexibility index (Phi) is 7.39. The van der Waals surface area contributed by atoms with Crippen LogP contribution in [0, 0.1) is 11.8 Å². The number of ether oxygens (including phenoxy) is 1. The van der Waals surface area contributed by atoms with Crippen molar-refractivity contribution < 1.29 is 24.2 Å². The fourth-order valence-electron chi connectivity index (χ4n) is 6.19. The summed E-state index contributed by atoms with van der Waals surface area (Å²) in [4.78, 5) is 46.3. The lowest BCUT2D eigenvalue weighted by Gasteiger charge is -2.38. The van der Waals surface area contributed by atoms with E-state index in [1.807, 2.05) is 27.7 Å². The minimum absolute atomic E-state index is 0.0276. The third kappa shape index (κ3) is 3.91. The van der Waals surface area contributed by atoms with Crippen LogP contribution in [0.5, 0.6) is 0 Å². The predicted molar refractivity (Wildman–Crippen MR) is 125 cm³/mol. The average molecular weight is 462 g/mol. The van der Waals surface area contributed by atoms with Crippen LogP contribution in [0.1, 0.15) is 47.0 Å². The second-order valence-electron chi connectivity index (χ2n) is 9.93. The van der Waals surface area contributed by atoms with Gasteiger partial charge in [0.25, 0.3) is 0 Å². The molecule has 8 nitrogen and oxygen atoms in total. The van der Waals surface area contributed by atoms with Gasteiger partial charge in [0.05, 0.1) is 24.0 Å². The van der Waals surface area contributed by atoms with Crippen LogP contribution in [0.2, 0.25) is 0 Å². The maximum Gasteiger partial charge on any atom is 0.248 e. The van der Waals surface area contributed by atoms with Gasteiger partial charge in [-0.2, -0.15) is 0 Å². The van der Waals surface area contributed by atoms with Crippen LogP contribution < -0.4 is 0 Å². The zero-order valence-corrected chi connectivity index (χ0v) is 20.5. The molecule has 0 aromatic carbocycles. The Morgan fingerprint density at radius 1 is 1.24 bits per heavy atom. The first-order valence-electron chi connectivity index (χ1n) is 12.1. The van der Waals surface area contributed by atoms with Gasteiger partial charge in [-0.05, 0) is 40.0 Å². The number of rotatable bonds is 11. The molecule has 184 valence electrons. The van der Waals surface area contributed by atoms with E-state index in [1.165, 1.54) is 4.90 Å². The van der Waals surface area contributed by atoms with Crippen molar-refractivity contribution in [2.75, 3.05) is 32.8 Å². The van der Waals surface area contributed by atoms with Crippen molar-refractivity contribution in [3.63, 3.8) is 0 Å². The highest BCUT2D eigenvalue weighted by Gasteiger charge is 2.78. The molecule has 2 unspecified atom stereocenters. The van der Waals surface area contributed by atoms with E-state index in [-0.39, 0.29) is 36.9 Å². The molecular weight excluding hydrogens is 422 g/mol. The minimum Gasteiger partial charge on any atom is -0.395 e. The maximum absolute atomic E-state index is 13.9. The quantitative estimate of drug-likeness (QED) is 0.472. The zero-order chi connectivity index (χ0) is 24.6. The largest absolute Gasteiger partial charge is 0.395 e. The summed E-state index contributed by atoms with van der Waals surface area (Å²) in [6.07, 6.45) is 5.27. The molecule has 3 rings (SSSR count). The van der Waals surface area contributed by atoms with Gasteiger partial charge in [-0.3, -0.25) is 14.4 Å². The maximum atomic E-state index is 13.9. The number of carbonyl (C=O) groups is 3. The fraction of sp³-hybridized carbons (Fsp3) is 0.720. The van der Waals surface area contributed by atoms with Crippen molar-refractivity contribution in [2.45, 2.75) is 70.2 Å². The Balaban J connectivity index is 2.07. The van der Waals surface area contributed by atoms with Gasteiger partial charge in [-0.1, -0.05) is 19.1 Å². The first kappa shape index (κ1) is 25.4. The van der Waals surface area contributed by atoms with Crippen LogP contribution in [-0.4, -0.2) is 93.6 Å². The van der Waals surface area contributed by atoms with E-state index >= 15 is 0 Å². The summed E-state index contributed by atoms with van der Waals surface area (Å²) < 4.78 is 6.61. The summed E-state index contributed by atoms with van der Waals surface area (Å²) in [6.45, 7) is 16.4. The number of aliphatic hydroxyl groups excluding tert-OH is 1. The second-order valence-corrected chi connectivity index (χ2v) is 9.93. The minimum atomic E-state index is -1.07. The highest BCUT2D eigenvalue weighted by atomic mass is 16.5. The van der Waals surface area contributed by atoms with Gasteiger partial charge >= 0.3 is 0 Å². The van der Waals surface area contributed by atoms with Crippen molar-refractivity contribution in [1.82, 2.24) is 14.7 Å². The van der Waals surface area contributed by atoms with E-state index in [4.69, 9.17) is 4.74 Å². The Morgan fingerprint density at radius 2 is 1.91 bits per heavy atom. The Morgan fingerprint density at radius 3 is 2.45 bits per heavy atom. The second kappa shape index (κ2) is 9.58. The molecule has 5 atom stereocenters. The van der Waals surface area contributed by atoms with Crippen molar-refractivity contribution in [3.05, 3.63) is 25.3 Å². The Hall–Kier alpha value is -2.19. The number of aliphatic hydroxyl groups is 1. The monoisotopic (exact) mass is 461 g/mol. The predicted octanol–water partition coefficient (Wildman–Crippen LogP) is 1.59. The van der Waals surface area contributed by atoms with Crippen LogP contribution in [0.3, 0.4) is 0 Å². The molecule has 8 heteroatoms. The Bertz CT molecular complexity index is 814. The number of likely N-dealkylation sites (tertiary alicyclic amines) is 1. The number of amides is 3. The smallest absolute Gasteiger partial charge is 0.248 e. The molecule has 33 heavy (non-hydrogen) atoms. The molecule has 0 aromatic heterocycles. The number of hydrogen-bond acceptors (Lipinski definition) is 5. The molecule has 3 amide bonds. The van der Waals surface area contributed by atoms with Gasteiger partial charge in [0.15, 0.2) is 0 Å². The molecule has 0 aromatic rings. The third-order valence-electron chi connectivity index (χ3n) is 7.50. The molecular formula is C25H39N3O5. The van der Waals surface area contributed by atoms with Crippen LogP contribution >= 0.6 is 0 Å². The first-order chi connectivity index (χ1) is 15.6. The van der Waals surface area contributed by atoms with E-state index in [1.54, 1.807) is 22.0 Å². The number of fused-ring (bicyclic) bond motifs is 1. The van der Waals surface area contributed by atoms with Crippen LogP contribution in [0.25, 0.3) is 0 Å². The molecule has 2 bridgehead atoms. The molecule has 0 aliphatic carbocycles. The lowest BCUT2D eigenvalue weighted by Crippen LogP contribution is -2.57. The zero-order valence-electron chi connectivity index (χ0n) is 20.5. The summed E-state index contributed by atoms with van der Waals surface area (Å²) in [5, 5.41) is 9.72. The molecule has 3 aliphatic rings. The van der Waals surface area contributed by atoms with Crippen molar-refractivity contribution in [1.29, 1.82) is 0 Å². The summed E-state index contributed by atoms with van der Waals surface area (Å²) >= 11 is 0. The van der Waals surface area contributed by atoms with Crippen LogP contribution in [0.4, 0.5) is 0 Å². The standard InChI is InChI=1S/C25H39N3O5/c1-7-12-26(13-8-2)21(30)18-19-22(31)28(15-16-29)20(23(32)27(14-9-3)17(4)5)25(19)11-10-24(18,6)33-25/h7,9,17-20,29H,1,3,8,10-16H2,2,4-6H3/t18-,19-,20?,24+,25?/m0/s1. The van der Waals surface area contributed by atoms with Gasteiger partial charge in [-0.25, -0.2) is 0 Å². The third-order valence-corrected chi connectivity index (χ3v) is 7.50. The highest BCUT2D eigenvalue weighted by Crippen LogP contribution is 2.63. The summed E-state index contributed by atoms with van der Waals surface area (Å²) in [6, 6.07) is -0.973. The molecule has 3 heterocycles. The van der Waals surface area contributed by atoms with E-state index in [9.17, 15) is 19.5 Å². The average Bonchev–Trinajstić information content (AvgIpc) is 3.32. The molecule has 1 N–H and O–H groups in total. The molecule has 3 saturated heterocycles. The van der Waals surface area contributed by atoms with E-state index in [2.05, 4.69) is 13.2 Å². The number of carbonyl (C=O) groups excluding carboxylic acids is 3. The lowest BCUT2D eigenvalue weighted by molar-refractivity contribution is -0.154. The number of hydrogen-bond donors (Lipinski definition) is 1. The van der Waals surface area contributed by atoms with Crippen LogP contribution in [0.15, 0.2) is 25.3 Å². The summed E-state index contributed by atoms with van der Waals surface area (Å²) in [5.74, 6) is -2.03. The van der Waals surface area contributed by atoms with Gasteiger partial charge in [0, 0.05) is 32.2 Å². The first-order valence-corrected chi connectivity index (χ1v) is 12.1. The normalized spacial score (nSPS) is 32.2.